The van der Waals surface area contributed by atoms with Crippen LogP contribution in [0.25, 0.3) is 0 Å². The van der Waals surface area contributed by atoms with Crippen LogP contribution in [-0.4, -0.2) is 11.9 Å². The number of carbonyl (C=O) groups is 1. The molecule has 0 aromatic rings. The molecule has 3 aliphatic rings. The molecule has 4 unspecified atom stereocenters. The Labute approximate surface area is 84.8 Å². The van der Waals surface area contributed by atoms with Gasteiger partial charge in [0.05, 0.1) is 0 Å². The third-order valence-corrected chi connectivity index (χ3v) is 4.36. The Kier molecular flexibility index (Phi) is 1.73. The lowest BCUT2D eigenvalue weighted by atomic mass is 10.0. The quantitative estimate of drug-likeness (QED) is 0.662. The predicted octanol–water partition coefficient (Wildman–Crippen LogP) is 1.72. The van der Waals surface area contributed by atoms with Crippen LogP contribution >= 0.6 is 0 Å². The predicted molar refractivity (Wildman–Crippen MR) is 54.6 cm³/mol. The van der Waals surface area contributed by atoms with Crippen molar-refractivity contribution in [1.82, 2.24) is 5.32 Å². The van der Waals surface area contributed by atoms with Crippen molar-refractivity contribution in [3.63, 3.8) is 0 Å². The van der Waals surface area contributed by atoms with Gasteiger partial charge < -0.3 is 5.32 Å². The molecule has 3 rings (SSSR count). The summed E-state index contributed by atoms with van der Waals surface area (Å²) in [6, 6.07) is 0.532. The van der Waals surface area contributed by atoms with Crippen LogP contribution in [-0.2, 0) is 4.79 Å². The van der Waals surface area contributed by atoms with Gasteiger partial charge in [0.2, 0.25) is 5.91 Å². The molecule has 0 aromatic carbocycles. The van der Waals surface area contributed by atoms with E-state index in [1.54, 1.807) is 6.08 Å². The molecule has 0 aromatic heterocycles. The van der Waals surface area contributed by atoms with Crippen LogP contribution in [0, 0.1) is 23.7 Å². The number of amides is 1. The topological polar surface area (TPSA) is 29.1 Å². The van der Waals surface area contributed by atoms with E-state index in [0.717, 1.165) is 23.7 Å². The van der Waals surface area contributed by atoms with Crippen molar-refractivity contribution in [2.45, 2.75) is 32.2 Å². The van der Waals surface area contributed by atoms with E-state index in [1.165, 1.54) is 19.3 Å². The lowest BCUT2D eigenvalue weighted by Crippen LogP contribution is -2.28. The number of allylic oxidation sites excluding steroid dienone is 1. The SMILES string of the molecule is C/C=C/C(=O)NC1C2C3CCC(C3)C12. The molecule has 14 heavy (non-hydrogen) atoms. The lowest BCUT2D eigenvalue weighted by molar-refractivity contribution is -0.116. The first kappa shape index (κ1) is 8.51. The molecule has 0 radical (unpaired) electrons. The van der Waals surface area contributed by atoms with Gasteiger partial charge in [-0.25, -0.2) is 0 Å². The fraction of sp³-hybridized carbons (Fsp3) is 0.750. The molecule has 3 fully saturated rings. The zero-order chi connectivity index (χ0) is 9.71. The molecule has 4 atom stereocenters. The highest BCUT2D eigenvalue weighted by molar-refractivity contribution is 5.88. The second-order valence-electron chi connectivity index (χ2n) is 5.02. The van der Waals surface area contributed by atoms with E-state index in [2.05, 4.69) is 5.32 Å². The van der Waals surface area contributed by atoms with Gasteiger partial charge in [-0.1, -0.05) is 6.08 Å². The van der Waals surface area contributed by atoms with E-state index < -0.39 is 0 Å². The van der Waals surface area contributed by atoms with Gasteiger partial charge in [-0.3, -0.25) is 4.79 Å². The molecular weight excluding hydrogens is 174 g/mol. The molecule has 2 heteroatoms. The largest absolute Gasteiger partial charge is 0.349 e. The van der Waals surface area contributed by atoms with Crippen molar-refractivity contribution >= 4 is 5.91 Å². The van der Waals surface area contributed by atoms with Crippen molar-refractivity contribution in [3.05, 3.63) is 12.2 Å². The average molecular weight is 191 g/mol. The number of hydrogen-bond donors (Lipinski definition) is 1. The van der Waals surface area contributed by atoms with Crippen LogP contribution in [0.4, 0.5) is 0 Å². The van der Waals surface area contributed by atoms with Gasteiger partial charge in [0.25, 0.3) is 0 Å². The van der Waals surface area contributed by atoms with Gasteiger partial charge in [0, 0.05) is 6.04 Å². The first-order chi connectivity index (χ1) is 6.81. The standard InChI is InChI=1S/C12H17NO/c1-2-3-9(14)13-12-10-7-4-5-8(6-7)11(10)12/h2-3,7-8,10-12H,4-6H2,1H3,(H,13,14)/b3-2+. The molecule has 1 amide bonds. The summed E-state index contributed by atoms with van der Waals surface area (Å²) in [5.74, 6) is 3.69. The Morgan fingerprint density at radius 1 is 1.29 bits per heavy atom. The van der Waals surface area contributed by atoms with Crippen LogP contribution < -0.4 is 5.32 Å². The van der Waals surface area contributed by atoms with E-state index in [4.69, 9.17) is 0 Å². The zero-order valence-corrected chi connectivity index (χ0v) is 8.57. The molecule has 3 saturated carbocycles. The van der Waals surface area contributed by atoms with Gasteiger partial charge in [0.15, 0.2) is 0 Å². The van der Waals surface area contributed by atoms with Crippen LogP contribution in [0.3, 0.4) is 0 Å². The molecule has 1 N–H and O–H groups in total. The average Bonchev–Trinajstić information content (AvgIpc) is 2.60. The highest BCUT2D eigenvalue weighted by atomic mass is 16.1. The Bertz CT molecular complexity index is 281. The first-order valence-electron chi connectivity index (χ1n) is 5.74. The van der Waals surface area contributed by atoms with E-state index >= 15 is 0 Å². The smallest absolute Gasteiger partial charge is 0.243 e. The molecule has 0 heterocycles. The van der Waals surface area contributed by atoms with Crippen LogP contribution in [0.1, 0.15) is 26.2 Å². The fourth-order valence-corrected chi connectivity index (χ4v) is 3.88. The van der Waals surface area contributed by atoms with Gasteiger partial charge >= 0.3 is 0 Å². The Hall–Kier alpha value is -0.790. The third-order valence-electron chi connectivity index (χ3n) is 4.36. The van der Waals surface area contributed by atoms with E-state index in [1.807, 2.05) is 13.0 Å². The summed E-state index contributed by atoms with van der Waals surface area (Å²) in [6.07, 6.45) is 7.73. The summed E-state index contributed by atoms with van der Waals surface area (Å²) in [7, 11) is 0. The highest BCUT2D eigenvalue weighted by Crippen LogP contribution is 2.65. The monoisotopic (exact) mass is 191 g/mol. The maximum absolute atomic E-state index is 11.4. The number of hydrogen-bond acceptors (Lipinski definition) is 1. The van der Waals surface area contributed by atoms with Crippen molar-refractivity contribution < 1.29 is 4.79 Å². The maximum atomic E-state index is 11.4. The van der Waals surface area contributed by atoms with Crippen molar-refractivity contribution in [3.8, 4) is 0 Å². The zero-order valence-electron chi connectivity index (χ0n) is 8.57. The van der Waals surface area contributed by atoms with E-state index in [-0.39, 0.29) is 5.91 Å². The van der Waals surface area contributed by atoms with Crippen molar-refractivity contribution in [1.29, 1.82) is 0 Å². The summed E-state index contributed by atoms with van der Waals surface area (Å²) in [6.45, 7) is 1.89. The van der Waals surface area contributed by atoms with Gasteiger partial charge in [0.1, 0.15) is 0 Å². The molecular formula is C12H17NO. The van der Waals surface area contributed by atoms with E-state index in [0.29, 0.717) is 6.04 Å². The normalized spacial score (nSPS) is 48.2. The van der Waals surface area contributed by atoms with E-state index in [9.17, 15) is 4.79 Å². The molecule has 0 aliphatic heterocycles. The number of carbonyl (C=O) groups excluding carboxylic acids is 1. The number of rotatable bonds is 2. The Morgan fingerprint density at radius 3 is 2.50 bits per heavy atom. The molecule has 3 aliphatic carbocycles. The van der Waals surface area contributed by atoms with Crippen LogP contribution in [0.2, 0.25) is 0 Å². The fourth-order valence-electron chi connectivity index (χ4n) is 3.88. The number of nitrogens with one attached hydrogen (secondary N) is 1. The maximum Gasteiger partial charge on any atom is 0.243 e. The van der Waals surface area contributed by atoms with Gasteiger partial charge in [-0.15, -0.1) is 0 Å². The molecule has 0 saturated heterocycles. The second-order valence-corrected chi connectivity index (χ2v) is 5.02. The van der Waals surface area contributed by atoms with Crippen LogP contribution in [0.5, 0.6) is 0 Å². The lowest BCUT2D eigenvalue weighted by Gasteiger charge is -2.08. The van der Waals surface area contributed by atoms with Gasteiger partial charge in [-0.2, -0.15) is 0 Å². The summed E-state index contributed by atoms with van der Waals surface area (Å²) in [5.41, 5.74) is 0. The Morgan fingerprint density at radius 2 is 1.93 bits per heavy atom. The number of fused-ring (bicyclic) bond motifs is 5. The summed E-state index contributed by atoms with van der Waals surface area (Å²) in [5, 5.41) is 3.13. The molecule has 2 bridgehead atoms. The Balaban J connectivity index is 1.61. The van der Waals surface area contributed by atoms with Gasteiger partial charge in [-0.05, 0) is 55.9 Å². The molecule has 0 spiro atoms. The third kappa shape index (κ3) is 1.06. The summed E-state index contributed by atoms with van der Waals surface area (Å²) in [4.78, 5) is 11.4. The summed E-state index contributed by atoms with van der Waals surface area (Å²) >= 11 is 0. The van der Waals surface area contributed by atoms with Crippen molar-refractivity contribution in [2.75, 3.05) is 0 Å². The minimum absolute atomic E-state index is 0.103. The first-order valence-corrected chi connectivity index (χ1v) is 5.74. The van der Waals surface area contributed by atoms with Crippen molar-refractivity contribution in [2.24, 2.45) is 23.7 Å². The second kappa shape index (κ2) is 2.85. The van der Waals surface area contributed by atoms with Crippen LogP contribution in [0.15, 0.2) is 12.2 Å². The summed E-state index contributed by atoms with van der Waals surface area (Å²) < 4.78 is 0. The highest BCUT2D eigenvalue weighted by Gasteiger charge is 2.65. The molecule has 76 valence electrons. The minimum atomic E-state index is 0.103. The minimum Gasteiger partial charge on any atom is -0.349 e. The molecule has 2 nitrogen and oxygen atoms in total.